The molecule has 0 bridgehead atoms. The Hall–Kier alpha value is -2.84. The molecule has 0 aliphatic carbocycles. The lowest BCUT2D eigenvalue weighted by atomic mass is 10.2. The molecule has 0 saturated carbocycles. The van der Waals surface area contributed by atoms with Crippen LogP contribution >= 0.6 is 0 Å². The number of benzene rings is 1. The van der Waals surface area contributed by atoms with Crippen LogP contribution in [0.25, 0.3) is 0 Å². The van der Waals surface area contributed by atoms with E-state index in [0.717, 1.165) is 30.0 Å². The molecule has 0 spiro atoms. The minimum absolute atomic E-state index is 0.0220. The summed E-state index contributed by atoms with van der Waals surface area (Å²) >= 11 is 0. The van der Waals surface area contributed by atoms with Crippen LogP contribution in [-0.2, 0) is 16.1 Å². The number of pyridine rings is 1. The SMILES string of the molecule is C#Cc1cccnc1N1CCN(C(=O)COCc2ccccc2)CC1. The number of hydrogen-bond donors (Lipinski definition) is 0. The van der Waals surface area contributed by atoms with E-state index in [1.54, 1.807) is 6.20 Å². The van der Waals surface area contributed by atoms with Crippen LogP contribution in [0.4, 0.5) is 5.82 Å². The van der Waals surface area contributed by atoms with Crippen molar-refractivity contribution in [3.63, 3.8) is 0 Å². The fraction of sp³-hybridized carbons (Fsp3) is 0.300. The fourth-order valence-electron chi connectivity index (χ4n) is 2.85. The summed E-state index contributed by atoms with van der Waals surface area (Å²) in [5, 5.41) is 0. The Kier molecular flexibility index (Phi) is 5.65. The molecule has 25 heavy (non-hydrogen) atoms. The van der Waals surface area contributed by atoms with E-state index >= 15 is 0 Å². The molecule has 3 rings (SSSR count). The van der Waals surface area contributed by atoms with Gasteiger partial charge in [0.05, 0.1) is 12.2 Å². The molecule has 0 radical (unpaired) electrons. The van der Waals surface area contributed by atoms with Gasteiger partial charge in [-0.1, -0.05) is 36.3 Å². The Morgan fingerprint density at radius 2 is 1.88 bits per heavy atom. The summed E-state index contributed by atoms with van der Waals surface area (Å²) in [4.78, 5) is 20.6. The minimum atomic E-state index is 0.0220. The number of terminal acetylenes is 1. The van der Waals surface area contributed by atoms with Gasteiger partial charge in [-0.3, -0.25) is 4.79 Å². The second-order valence-corrected chi connectivity index (χ2v) is 5.87. The fourth-order valence-corrected chi connectivity index (χ4v) is 2.85. The van der Waals surface area contributed by atoms with Gasteiger partial charge in [-0.25, -0.2) is 4.98 Å². The van der Waals surface area contributed by atoms with E-state index in [4.69, 9.17) is 11.2 Å². The first-order valence-electron chi connectivity index (χ1n) is 8.34. The molecule has 5 heteroatoms. The summed E-state index contributed by atoms with van der Waals surface area (Å²) < 4.78 is 5.54. The molecular weight excluding hydrogens is 314 g/mol. The highest BCUT2D eigenvalue weighted by Gasteiger charge is 2.22. The molecule has 1 aliphatic heterocycles. The van der Waals surface area contributed by atoms with Crippen molar-refractivity contribution in [3.8, 4) is 12.3 Å². The second kappa shape index (κ2) is 8.32. The summed E-state index contributed by atoms with van der Waals surface area (Å²) in [7, 11) is 0. The Morgan fingerprint density at radius 1 is 1.12 bits per heavy atom. The number of nitrogens with zero attached hydrogens (tertiary/aromatic N) is 3. The number of carbonyl (C=O) groups is 1. The Balaban J connectivity index is 1.47. The molecule has 128 valence electrons. The molecule has 0 N–H and O–H groups in total. The molecule has 1 saturated heterocycles. The van der Waals surface area contributed by atoms with Crippen LogP contribution in [0, 0.1) is 12.3 Å². The van der Waals surface area contributed by atoms with Crippen molar-refractivity contribution in [2.75, 3.05) is 37.7 Å². The number of amides is 1. The number of anilines is 1. The zero-order valence-electron chi connectivity index (χ0n) is 14.1. The van der Waals surface area contributed by atoms with E-state index < -0.39 is 0 Å². The lowest BCUT2D eigenvalue weighted by Gasteiger charge is -2.35. The van der Waals surface area contributed by atoms with Crippen LogP contribution in [0.3, 0.4) is 0 Å². The Labute approximate surface area is 148 Å². The van der Waals surface area contributed by atoms with Gasteiger partial charge in [-0.05, 0) is 17.7 Å². The summed E-state index contributed by atoms with van der Waals surface area (Å²) in [5.41, 5.74) is 1.85. The molecule has 1 aliphatic rings. The average Bonchev–Trinajstić information content (AvgIpc) is 2.69. The third-order valence-electron chi connectivity index (χ3n) is 4.21. The summed E-state index contributed by atoms with van der Waals surface area (Å²) in [6.07, 6.45) is 7.28. The smallest absolute Gasteiger partial charge is 0.248 e. The van der Waals surface area contributed by atoms with Gasteiger partial charge in [0, 0.05) is 32.4 Å². The third kappa shape index (κ3) is 4.37. The number of carbonyl (C=O) groups excluding carboxylic acids is 1. The average molecular weight is 335 g/mol. The lowest BCUT2D eigenvalue weighted by Crippen LogP contribution is -2.50. The highest BCUT2D eigenvalue weighted by molar-refractivity contribution is 5.77. The van der Waals surface area contributed by atoms with Crippen LogP contribution in [0.2, 0.25) is 0 Å². The van der Waals surface area contributed by atoms with Crippen molar-refractivity contribution < 1.29 is 9.53 Å². The summed E-state index contributed by atoms with van der Waals surface area (Å²) in [6.45, 7) is 3.29. The number of piperazine rings is 1. The molecule has 1 aromatic heterocycles. The molecule has 1 amide bonds. The lowest BCUT2D eigenvalue weighted by molar-refractivity contribution is -0.136. The number of hydrogen-bond acceptors (Lipinski definition) is 4. The topological polar surface area (TPSA) is 45.7 Å². The first kappa shape index (κ1) is 17.0. The van der Waals surface area contributed by atoms with Crippen molar-refractivity contribution in [1.82, 2.24) is 9.88 Å². The van der Waals surface area contributed by atoms with Gasteiger partial charge in [-0.2, -0.15) is 0 Å². The van der Waals surface area contributed by atoms with Crippen molar-refractivity contribution >= 4 is 11.7 Å². The maximum atomic E-state index is 12.3. The van der Waals surface area contributed by atoms with E-state index in [-0.39, 0.29) is 12.5 Å². The normalized spacial score (nSPS) is 14.2. The van der Waals surface area contributed by atoms with Crippen molar-refractivity contribution in [2.24, 2.45) is 0 Å². The number of aromatic nitrogens is 1. The number of rotatable bonds is 5. The van der Waals surface area contributed by atoms with E-state index in [9.17, 15) is 4.79 Å². The molecule has 5 nitrogen and oxygen atoms in total. The molecule has 1 aromatic carbocycles. The zero-order valence-corrected chi connectivity index (χ0v) is 14.1. The first-order chi connectivity index (χ1) is 12.3. The van der Waals surface area contributed by atoms with Gasteiger partial charge < -0.3 is 14.5 Å². The maximum absolute atomic E-state index is 12.3. The molecule has 2 aromatic rings. The van der Waals surface area contributed by atoms with E-state index in [2.05, 4.69) is 15.8 Å². The van der Waals surface area contributed by atoms with Crippen LogP contribution in [0.5, 0.6) is 0 Å². The zero-order chi connectivity index (χ0) is 17.5. The minimum Gasteiger partial charge on any atom is -0.367 e. The van der Waals surface area contributed by atoms with Gasteiger partial charge in [-0.15, -0.1) is 6.42 Å². The molecule has 0 unspecified atom stereocenters. The van der Waals surface area contributed by atoms with Crippen molar-refractivity contribution in [1.29, 1.82) is 0 Å². The van der Waals surface area contributed by atoms with E-state index in [0.29, 0.717) is 19.7 Å². The van der Waals surface area contributed by atoms with Gasteiger partial charge >= 0.3 is 0 Å². The van der Waals surface area contributed by atoms with Crippen molar-refractivity contribution in [3.05, 3.63) is 59.8 Å². The Bertz CT molecular complexity index is 747. The highest BCUT2D eigenvalue weighted by Crippen LogP contribution is 2.18. The molecule has 2 heterocycles. The standard InChI is InChI=1S/C20H21N3O2/c1-2-18-9-6-10-21-20(18)23-13-11-22(12-14-23)19(24)16-25-15-17-7-4-3-5-8-17/h1,3-10H,11-16H2. The summed E-state index contributed by atoms with van der Waals surface area (Å²) in [6, 6.07) is 13.6. The maximum Gasteiger partial charge on any atom is 0.248 e. The molecular formula is C20H21N3O2. The second-order valence-electron chi connectivity index (χ2n) is 5.87. The van der Waals surface area contributed by atoms with Crippen LogP contribution in [0.15, 0.2) is 48.7 Å². The number of ether oxygens (including phenoxy) is 1. The quantitative estimate of drug-likeness (QED) is 0.784. The van der Waals surface area contributed by atoms with Crippen molar-refractivity contribution in [2.45, 2.75) is 6.61 Å². The monoisotopic (exact) mass is 335 g/mol. The van der Waals surface area contributed by atoms with Gasteiger partial charge in [0.1, 0.15) is 12.4 Å². The third-order valence-corrected chi connectivity index (χ3v) is 4.21. The largest absolute Gasteiger partial charge is 0.367 e. The van der Waals surface area contributed by atoms with Gasteiger partial charge in [0.15, 0.2) is 0 Å². The Morgan fingerprint density at radius 3 is 2.60 bits per heavy atom. The molecule has 1 fully saturated rings. The van der Waals surface area contributed by atoms with Gasteiger partial charge in [0.25, 0.3) is 0 Å². The van der Waals surface area contributed by atoms with E-state index in [1.165, 1.54) is 0 Å². The van der Waals surface area contributed by atoms with E-state index in [1.807, 2.05) is 47.4 Å². The first-order valence-corrected chi connectivity index (χ1v) is 8.34. The van der Waals surface area contributed by atoms with Gasteiger partial charge in [0.2, 0.25) is 5.91 Å². The molecule has 0 atom stereocenters. The predicted molar refractivity (Wildman–Crippen MR) is 97.1 cm³/mol. The van der Waals surface area contributed by atoms with Crippen LogP contribution in [-0.4, -0.2) is 48.6 Å². The predicted octanol–water partition coefficient (Wildman–Crippen LogP) is 1.93. The van der Waals surface area contributed by atoms with Crippen LogP contribution < -0.4 is 4.90 Å². The summed E-state index contributed by atoms with van der Waals surface area (Å²) in [5.74, 6) is 3.50. The van der Waals surface area contributed by atoms with Crippen LogP contribution in [0.1, 0.15) is 11.1 Å². The highest BCUT2D eigenvalue weighted by atomic mass is 16.5.